The highest BCUT2D eigenvalue weighted by Crippen LogP contribution is 2.40. The lowest BCUT2D eigenvalue weighted by atomic mass is 10.0. The van der Waals surface area contributed by atoms with Crippen molar-refractivity contribution >= 4 is 39.0 Å². The zero-order valence-corrected chi connectivity index (χ0v) is 18.8. The predicted molar refractivity (Wildman–Crippen MR) is 130 cm³/mol. The van der Waals surface area contributed by atoms with Crippen LogP contribution in [-0.2, 0) is 4.79 Å². The lowest BCUT2D eigenvalue weighted by molar-refractivity contribution is -0.116. The van der Waals surface area contributed by atoms with Crippen LogP contribution in [0.3, 0.4) is 0 Å². The molecule has 0 aliphatic rings. The first-order valence-electron chi connectivity index (χ1n) is 10.4. The Morgan fingerprint density at radius 3 is 2.58 bits per heavy atom. The molecule has 2 aromatic heterocycles. The van der Waals surface area contributed by atoms with Gasteiger partial charge < -0.3 is 10.6 Å². The molecule has 2 aromatic carbocycles. The van der Waals surface area contributed by atoms with Gasteiger partial charge in [0.25, 0.3) is 0 Å². The number of nitrogens with zero attached hydrogens (tertiary/aromatic N) is 2. The number of thiophene rings is 1. The third-order valence-electron chi connectivity index (χ3n) is 5.39. The molecule has 6 heteroatoms. The number of carbonyl (C=O) groups excluding carboxylic acids is 1. The zero-order valence-electron chi connectivity index (χ0n) is 18.0. The summed E-state index contributed by atoms with van der Waals surface area (Å²) in [4.78, 5) is 23.5. The molecule has 31 heavy (non-hydrogen) atoms. The van der Waals surface area contributed by atoms with E-state index in [4.69, 9.17) is 0 Å². The first-order valence-corrected chi connectivity index (χ1v) is 11.2. The maximum absolute atomic E-state index is 12.3. The van der Waals surface area contributed by atoms with Crippen LogP contribution in [-0.4, -0.2) is 22.4 Å². The van der Waals surface area contributed by atoms with Gasteiger partial charge in [0.15, 0.2) is 0 Å². The monoisotopic (exact) mass is 430 g/mol. The molecule has 0 fully saturated rings. The van der Waals surface area contributed by atoms with Gasteiger partial charge in [-0.05, 0) is 56.0 Å². The van der Waals surface area contributed by atoms with E-state index in [2.05, 4.69) is 46.6 Å². The lowest BCUT2D eigenvalue weighted by Crippen LogP contribution is -2.14. The molecule has 0 aliphatic carbocycles. The smallest absolute Gasteiger partial charge is 0.224 e. The van der Waals surface area contributed by atoms with Crippen LogP contribution in [0.4, 0.5) is 11.5 Å². The molecular weight excluding hydrogens is 404 g/mol. The van der Waals surface area contributed by atoms with Crippen molar-refractivity contribution in [2.75, 3.05) is 17.2 Å². The van der Waals surface area contributed by atoms with Crippen LogP contribution >= 0.6 is 11.3 Å². The summed E-state index contributed by atoms with van der Waals surface area (Å²) < 4.78 is 0. The Morgan fingerprint density at radius 2 is 1.81 bits per heavy atom. The average molecular weight is 431 g/mol. The number of nitrogens with one attached hydrogen (secondary N) is 2. The largest absolute Gasteiger partial charge is 0.369 e. The van der Waals surface area contributed by atoms with Gasteiger partial charge in [0.05, 0.1) is 5.39 Å². The molecule has 0 spiro atoms. The SMILES string of the molecule is Cc1ccc(NC(=O)CCCNc2ncnc3sc(C)c(-c4ccccc4)c23)cc1C. The summed E-state index contributed by atoms with van der Waals surface area (Å²) in [6.07, 6.45) is 2.76. The normalized spacial score (nSPS) is 10.9. The third kappa shape index (κ3) is 4.75. The Labute approximate surface area is 186 Å². The van der Waals surface area contributed by atoms with Crippen molar-refractivity contribution in [3.63, 3.8) is 0 Å². The van der Waals surface area contributed by atoms with Gasteiger partial charge in [0.2, 0.25) is 5.91 Å². The first kappa shape index (κ1) is 21.0. The van der Waals surface area contributed by atoms with E-state index in [1.807, 2.05) is 43.3 Å². The molecule has 1 amide bonds. The Morgan fingerprint density at radius 1 is 1.00 bits per heavy atom. The summed E-state index contributed by atoms with van der Waals surface area (Å²) in [5.74, 6) is 0.844. The topological polar surface area (TPSA) is 66.9 Å². The number of benzene rings is 2. The Kier molecular flexibility index (Phi) is 6.28. The van der Waals surface area contributed by atoms with Crippen molar-refractivity contribution in [1.29, 1.82) is 0 Å². The summed E-state index contributed by atoms with van der Waals surface area (Å²) in [5.41, 5.74) is 5.58. The predicted octanol–water partition coefficient (Wildman–Crippen LogP) is 6.11. The van der Waals surface area contributed by atoms with Crippen molar-refractivity contribution in [3.8, 4) is 11.1 Å². The minimum Gasteiger partial charge on any atom is -0.369 e. The third-order valence-corrected chi connectivity index (χ3v) is 6.40. The van der Waals surface area contributed by atoms with Crippen molar-refractivity contribution in [1.82, 2.24) is 9.97 Å². The quantitative estimate of drug-likeness (QED) is 0.347. The standard InChI is InChI=1S/C25H26N4OS/c1-16-11-12-20(14-17(16)2)29-21(30)10-7-13-26-24-23-22(19-8-5-4-6-9-19)18(3)31-25(23)28-15-27-24/h4-6,8-9,11-12,14-15H,7,10,13H2,1-3H3,(H,29,30)(H,26,27,28). The Hall–Kier alpha value is -3.25. The molecule has 158 valence electrons. The van der Waals surface area contributed by atoms with E-state index in [1.165, 1.54) is 21.6 Å². The summed E-state index contributed by atoms with van der Waals surface area (Å²) >= 11 is 1.68. The summed E-state index contributed by atoms with van der Waals surface area (Å²) in [5, 5.41) is 7.46. The second kappa shape index (κ2) is 9.27. The molecule has 2 heterocycles. The fourth-order valence-electron chi connectivity index (χ4n) is 3.63. The summed E-state index contributed by atoms with van der Waals surface area (Å²) in [6, 6.07) is 16.3. The molecule has 0 bridgehead atoms. The van der Waals surface area contributed by atoms with Crippen LogP contribution in [0.25, 0.3) is 21.3 Å². The molecular formula is C25H26N4OS. The molecule has 0 radical (unpaired) electrons. The number of rotatable bonds is 7. The number of hydrogen-bond acceptors (Lipinski definition) is 5. The minimum absolute atomic E-state index is 0.0224. The number of anilines is 2. The summed E-state index contributed by atoms with van der Waals surface area (Å²) in [7, 11) is 0. The molecule has 0 unspecified atom stereocenters. The van der Waals surface area contributed by atoms with Crippen molar-refractivity contribution < 1.29 is 4.79 Å². The van der Waals surface area contributed by atoms with Gasteiger partial charge in [-0.15, -0.1) is 11.3 Å². The molecule has 2 N–H and O–H groups in total. The van der Waals surface area contributed by atoms with Crippen LogP contribution in [0.5, 0.6) is 0 Å². The maximum atomic E-state index is 12.3. The van der Waals surface area contributed by atoms with Gasteiger partial charge in [-0.25, -0.2) is 9.97 Å². The molecule has 0 aliphatic heterocycles. The summed E-state index contributed by atoms with van der Waals surface area (Å²) in [6.45, 7) is 6.90. The average Bonchev–Trinajstić information content (AvgIpc) is 3.11. The van der Waals surface area contributed by atoms with Gasteiger partial charge in [-0.1, -0.05) is 36.4 Å². The van der Waals surface area contributed by atoms with Crippen molar-refractivity contribution in [3.05, 3.63) is 70.9 Å². The maximum Gasteiger partial charge on any atom is 0.224 e. The number of aromatic nitrogens is 2. The van der Waals surface area contributed by atoms with Gasteiger partial charge in [0.1, 0.15) is 17.0 Å². The van der Waals surface area contributed by atoms with E-state index >= 15 is 0 Å². The van der Waals surface area contributed by atoms with Gasteiger partial charge in [0, 0.05) is 29.1 Å². The lowest BCUT2D eigenvalue weighted by Gasteiger charge is -2.10. The van der Waals surface area contributed by atoms with Gasteiger partial charge in [-0.3, -0.25) is 4.79 Å². The number of hydrogen-bond donors (Lipinski definition) is 2. The minimum atomic E-state index is 0.0224. The number of carbonyl (C=O) groups is 1. The molecule has 0 saturated carbocycles. The zero-order chi connectivity index (χ0) is 21.8. The van der Waals surface area contributed by atoms with E-state index in [9.17, 15) is 4.79 Å². The molecule has 4 aromatic rings. The fraction of sp³-hybridized carbons (Fsp3) is 0.240. The van der Waals surface area contributed by atoms with Crippen LogP contribution in [0.1, 0.15) is 28.8 Å². The molecule has 0 atom stereocenters. The van der Waals surface area contributed by atoms with Crippen LogP contribution in [0.15, 0.2) is 54.9 Å². The fourth-order valence-corrected chi connectivity index (χ4v) is 4.64. The Bertz CT molecular complexity index is 1220. The van der Waals surface area contributed by atoms with E-state index in [0.29, 0.717) is 19.4 Å². The molecule has 5 nitrogen and oxygen atoms in total. The van der Waals surface area contributed by atoms with Crippen molar-refractivity contribution in [2.24, 2.45) is 0 Å². The molecule has 4 rings (SSSR count). The van der Waals surface area contributed by atoms with Gasteiger partial charge in [-0.2, -0.15) is 0 Å². The first-order chi connectivity index (χ1) is 15.0. The highest BCUT2D eigenvalue weighted by atomic mass is 32.1. The van der Waals surface area contributed by atoms with Crippen LogP contribution in [0.2, 0.25) is 0 Å². The second-order valence-electron chi connectivity index (χ2n) is 7.68. The van der Waals surface area contributed by atoms with E-state index in [0.717, 1.165) is 27.3 Å². The molecule has 0 saturated heterocycles. The van der Waals surface area contributed by atoms with Crippen LogP contribution in [0, 0.1) is 20.8 Å². The van der Waals surface area contributed by atoms with Crippen LogP contribution < -0.4 is 10.6 Å². The second-order valence-corrected chi connectivity index (χ2v) is 8.88. The number of fused-ring (bicyclic) bond motifs is 1. The van der Waals surface area contributed by atoms with Crippen molar-refractivity contribution in [2.45, 2.75) is 33.6 Å². The van der Waals surface area contributed by atoms with Gasteiger partial charge >= 0.3 is 0 Å². The highest BCUT2D eigenvalue weighted by molar-refractivity contribution is 7.19. The van der Waals surface area contributed by atoms with E-state index in [1.54, 1.807) is 17.7 Å². The number of amides is 1. The highest BCUT2D eigenvalue weighted by Gasteiger charge is 2.16. The van der Waals surface area contributed by atoms with E-state index in [-0.39, 0.29) is 5.91 Å². The van der Waals surface area contributed by atoms with E-state index < -0.39 is 0 Å². The number of aryl methyl sites for hydroxylation is 3. The Balaban J connectivity index is 1.41.